The monoisotopic (exact) mass is 247 g/mol. The Balaban J connectivity index is 1.77. The first-order valence-corrected chi connectivity index (χ1v) is 6.23. The van der Waals surface area contributed by atoms with Gasteiger partial charge in [0.05, 0.1) is 0 Å². The van der Waals surface area contributed by atoms with Crippen LogP contribution in [0, 0.1) is 5.41 Å². The molecule has 1 aliphatic rings. The van der Waals surface area contributed by atoms with Crippen LogP contribution < -0.4 is 5.73 Å². The molecule has 0 aliphatic heterocycles. The lowest BCUT2D eigenvalue weighted by Gasteiger charge is -2.39. The molecule has 2 aromatic rings. The lowest BCUT2D eigenvalue weighted by molar-refractivity contribution is 0.129. The van der Waals surface area contributed by atoms with Gasteiger partial charge in [-0.05, 0) is 30.9 Å². The fraction of sp³-hybridized carbons (Fsp3) is 0.583. The van der Waals surface area contributed by atoms with Gasteiger partial charge in [-0.25, -0.2) is 0 Å². The molecule has 1 aliphatic carbocycles. The van der Waals surface area contributed by atoms with Crippen LogP contribution in [0.25, 0.3) is 11.5 Å². The van der Waals surface area contributed by atoms with E-state index >= 15 is 0 Å². The van der Waals surface area contributed by atoms with Crippen molar-refractivity contribution in [2.24, 2.45) is 18.2 Å². The van der Waals surface area contributed by atoms with Crippen molar-refractivity contribution in [2.45, 2.75) is 25.7 Å². The second-order valence-electron chi connectivity index (χ2n) is 5.12. The molecule has 6 nitrogen and oxygen atoms in total. The number of rotatable bonds is 4. The number of nitrogens with two attached hydrogens (primary N) is 1. The van der Waals surface area contributed by atoms with E-state index in [0.29, 0.717) is 18.3 Å². The Morgan fingerprint density at radius 1 is 1.50 bits per heavy atom. The molecule has 18 heavy (non-hydrogen) atoms. The third-order valence-corrected chi connectivity index (χ3v) is 3.78. The first-order valence-electron chi connectivity index (χ1n) is 6.23. The summed E-state index contributed by atoms with van der Waals surface area (Å²) in [4.78, 5) is 4.40. The maximum Gasteiger partial charge on any atom is 0.227 e. The molecule has 0 saturated heterocycles. The lowest BCUT2D eigenvalue weighted by Crippen LogP contribution is -2.39. The molecule has 0 spiro atoms. The first kappa shape index (κ1) is 11.4. The van der Waals surface area contributed by atoms with Gasteiger partial charge in [0.1, 0.15) is 5.69 Å². The number of aromatic nitrogens is 4. The SMILES string of the molecule is Cn1ccc(-c2noc(CC3(CN)CCC3)n2)n1. The maximum absolute atomic E-state index is 5.83. The van der Waals surface area contributed by atoms with Crippen LogP contribution in [0.3, 0.4) is 0 Å². The predicted octanol–water partition coefficient (Wildman–Crippen LogP) is 1.14. The second kappa shape index (κ2) is 4.20. The van der Waals surface area contributed by atoms with Crippen molar-refractivity contribution in [3.05, 3.63) is 18.2 Å². The molecule has 0 amide bonds. The fourth-order valence-electron chi connectivity index (χ4n) is 2.42. The van der Waals surface area contributed by atoms with Crippen molar-refractivity contribution < 1.29 is 4.52 Å². The first-order chi connectivity index (χ1) is 8.71. The Labute approximate surface area is 105 Å². The molecule has 3 rings (SSSR count). The van der Waals surface area contributed by atoms with E-state index in [9.17, 15) is 0 Å². The molecule has 1 saturated carbocycles. The van der Waals surface area contributed by atoms with Gasteiger partial charge in [0.2, 0.25) is 11.7 Å². The molecule has 1 fully saturated rings. The van der Waals surface area contributed by atoms with Crippen molar-refractivity contribution in [3.8, 4) is 11.5 Å². The summed E-state index contributed by atoms with van der Waals surface area (Å²) < 4.78 is 7.02. The zero-order chi connectivity index (χ0) is 12.6. The van der Waals surface area contributed by atoms with Crippen molar-refractivity contribution in [1.82, 2.24) is 19.9 Å². The smallest absolute Gasteiger partial charge is 0.227 e. The van der Waals surface area contributed by atoms with Crippen LogP contribution in [0.2, 0.25) is 0 Å². The summed E-state index contributed by atoms with van der Waals surface area (Å²) in [6.45, 7) is 0.689. The minimum Gasteiger partial charge on any atom is -0.339 e. The molecule has 2 heterocycles. The minimum absolute atomic E-state index is 0.188. The van der Waals surface area contributed by atoms with Gasteiger partial charge in [-0.3, -0.25) is 4.68 Å². The second-order valence-corrected chi connectivity index (χ2v) is 5.12. The van der Waals surface area contributed by atoms with Crippen LogP contribution in [-0.4, -0.2) is 26.5 Å². The Bertz CT molecular complexity index is 535. The van der Waals surface area contributed by atoms with E-state index in [0.717, 1.165) is 25.0 Å². The van der Waals surface area contributed by atoms with Gasteiger partial charge in [-0.15, -0.1) is 0 Å². The molecule has 0 atom stereocenters. The number of nitrogens with zero attached hydrogens (tertiary/aromatic N) is 4. The van der Waals surface area contributed by atoms with Gasteiger partial charge in [-0.2, -0.15) is 10.1 Å². The van der Waals surface area contributed by atoms with Gasteiger partial charge in [0.25, 0.3) is 0 Å². The Morgan fingerprint density at radius 3 is 2.89 bits per heavy atom. The summed E-state index contributed by atoms with van der Waals surface area (Å²) in [6, 6.07) is 1.87. The molecule has 6 heteroatoms. The zero-order valence-corrected chi connectivity index (χ0v) is 10.5. The molecule has 0 unspecified atom stereocenters. The van der Waals surface area contributed by atoms with Crippen LogP contribution in [0.15, 0.2) is 16.8 Å². The van der Waals surface area contributed by atoms with Crippen LogP contribution in [0.4, 0.5) is 0 Å². The van der Waals surface area contributed by atoms with Crippen LogP contribution >= 0.6 is 0 Å². The highest BCUT2D eigenvalue weighted by Gasteiger charge is 2.37. The van der Waals surface area contributed by atoms with Crippen molar-refractivity contribution >= 4 is 0 Å². The predicted molar refractivity (Wildman–Crippen MR) is 65.5 cm³/mol. The molecular formula is C12H17N5O. The Morgan fingerprint density at radius 2 is 2.33 bits per heavy atom. The summed E-state index contributed by atoms with van der Waals surface area (Å²) in [5.41, 5.74) is 6.76. The van der Waals surface area contributed by atoms with E-state index in [1.54, 1.807) is 4.68 Å². The normalized spacial score (nSPS) is 17.7. The highest BCUT2D eigenvalue weighted by Crippen LogP contribution is 2.42. The summed E-state index contributed by atoms with van der Waals surface area (Å²) in [5, 5.41) is 8.23. The highest BCUT2D eigenvalue weighted by atomic mass is 16.5. The summed E-state index contributed by atoms with van der Waals surface area (Å²) in [5.74, 6) is 1.22. The molecule has 0 radical (unpaired) electrons. The highest BCUT2D eigenvalue weighted by molar-refractivity contribution is 5.46. The van der Waals surface area contributed by atoms with Crippen molar-refractivity contribution in [2.75, 3.05) is 6.54 Å². The number of hydrogen-bond acceptors (Lipinski definition) is 5. The summed E-state index contributed by atoms with van der Waals surface area (Å²) >= 11 is 0. The van der Waals surface area contributed by atoms with Crippen molar-refractivity contribution in [1.29, 1.82) is 0 Å². The quantitative estimate of drug-likeness (QED) is 0.876. The van der Waals surface area contributed by atoms with E-state index in [-0.39, 0.29) is 5.41 Å². The standard InChI is InChI=1S/C12H17N5O/c1-17-6-3-9(15-17)11-14-10(18-16-11)7-12(8-13)4-2-5-12/h3,6H,2,4-5,7-8,13H2,1H3. The molecule has 2 aromatic heterocycles. The Kier molecular flexibility index (Phi) is 2.66. The average Bonchev–Trinajstić information content (AvgIpc) is 2.92. The van der Waals surface area contributed by atoms with E-state index in [1.165, 1.54) is 6.42 Å². The molecule has 96 valence electrons. The average molecular weight is 247 g/mol. The van der Waals surface area contributed by atoms with Crippen LogP contribution in [0.1, 0.15) is 25.2 Å². The lowest BCUT2D eigenvalue weighted by atomic mass is 9.67. The minimum atomic E-state index is 0.188. The van der Waals surface area contributed by atoms with Crippen LogP contribution in [-0.2, 0) is 13.5 Å². The van der Waals surface area contributed by atoms with Gasteiger partial charge in [0.15, 0.2) is 0 Å². The Hall–Kier alpha value is -1.69. The third-order valence-electron chi connectivity index (χ3n) is 3.78. The molecular weight excluding hydrogens is 230 g/mol. The summed E-state index contributed by atoms with van der Waals surface area (Å²) in [6.07, 6.45) is 6.20. The largest absolute Gasteiger partial charge is 0.339 e. The molecule has 0 bridgehead atoms. The van der Waals surface area contributed by atoms with Gasteiger partial charge in [-0.1, -0.05) is 11.6 Å². The summed E-state index contributed by atoms with van der Waals surface area (Å²) in [7, 11) is 1.86. The third kappa shape index (κ3) is 1.92. The molecule has 0 aromatic carbocycles. The number of aryl methyl sites for hydroxylation is 1. The van der Waals surface area contributed by atoms with E-state index < -0.39 is 0 Å². The van der Waals surface area contributed by atoms with Gasteiger partial charge >= 0.3 is 0 Å². The fourth-order valence-corrected chi connectivity index (χ4v) is 2.42. The van der Waals surface area contributed by atoms with E-state index in [4.69, 9.17) is 10.3 Å². The topological polar surface area (TPSA) is 82.8 Å². The van der Waals surface area contributed by atoms with Crippen molar-refractivity contribution in [3.63, 3.8) is 0 Å². The number of hydrogen-bond donors (Lipinski definition) is 1. The van der Waals surface area contributed by atoms with Crippen LogP contribution in [0.5, 0.6) is 0 Å². The zero-order valence-electron chi connectivity index (χ0n) is 10.5. The van der Waals surface area contributed by atoms with E-state index in [2.05, 4.69) is 15.2 Å². The van der Waals surface area contributed by atoms with E-state index in [1.807, 2.05) is 19.3 Å². The molecule has 2 N–H and O–H groups in total. The van der Waals surface area contributed by atoms with Gasteiger partial charge < -0.3 is 10.3 Å². The van der Waals surface area contributed by atoms with Gasteiger partial charge in [0, 0.05) is 19.7 Å². The maximum atomic E-state index is 5.83.